The molecule has 0 saturated heterocycles. The van der Waals surface area contributed by atoms with E-state index in [1.165, 1.54) is 11.8 Å². The summed E-state index contributed by atoms with van der Waals surface area (Å²) < 4.78 is 1.94. The molecule has 4 aromatic rings. The second kappa shape index (κ2) is 10.3. The number of pyridine rings is 1. The van der Waals surface area contributed by atoms with Gasteiger partial charge in [-0.2, -0.15) is 0 Å². The molecular weight excluding hydrogens is 468 g/mol. The number of nitrogens with zero attached hydrogens (tertiary/aromatic N) is 5. The Balaban J connectivity index is 1.63. The van der Waals surface area contributed by atoms with Crippen molar-refractivity contribution in [2.45, 2.75) is 24.3 Å². The molecule has 1 amide bonds. The van der Waals surface area contributed by atoms with Crippen molar-refractivity contribution in [3.05, 3.63) is 77.6 Å². The zero-order valence-electron chi connectivity index (χ0n) is 19.4. The van der Waals surface area contributed by atoms with Crippen molar-refractivity contribution < 1.29 is 4.79 Å². The molecule has 0 saturated carbocycles. The van der Waals surface area contributed by atoms with Crippen molar-refractivity contribution in [2.24, 2.45) is 0 Å². The summed E-state index contributed by atoms with van der Waals surface area (Å²) in [6.07, 6.45) is 3.42. The van der Waals surface area contributed by atoms with E-state index in [-0.39, 0.29) is 5.91 Å². The fraction of sp³-hybridized carbons (Fsp3) is 0.200. The van der Waals surface area contributed by atoms with E-state index in [1.807, 2.05) is 92.0 Å². The molecule has 1 N–H and O–H groups in total. The number of halogens is 1. The van der Waals surface area contributed by atoms with Gasteiger partial charge in [-0.3, -0.25) is 14.3 Å². The number of hydrogen-bond donors (Lipinski definition) is 1. The van der Waals surface area contributed by atoms with Crippen LogP contribution in [0.3, 0.4) is 0 Å². The van der Waals surface area contributed by atoms with E-state index in [0.29, 0.717) is 16.0 Å². The Hall–Kier alpha value is -3.36. The SMILES string of the molecule is Cc1c(Cl)cccc1-n1c(SC(C)C(=O)Nc2ccc(N(C)C)cc2)nnc1-c1ccncc1. The van der Waals surface area contributed by atoms with E-state index in [2.05, 4.69) is 20.5 Å². The average Bonchev–Trinajstić information content (AvgIpc) is 3.25. The van der Waals surface area contributed by atoms with Crippen molar-refractivity contribution in [3.8, 4) is 17.1 Å². The van der Waals surface area contributed by atoms with Crippen molar-refractivity contribution in [3.63, 3.8) is 0 Å². The Morgan fingerprint density at radius 1 is 1.06 bits per heavy atom. The maximum atomic E-state index is 13.0. The summed E-state index contributed by atoms with van der Waals surface area (Å²) in [7, 11) is 3.95. The average molecular weight is 493 g/mol. The molecule has 1 unspecified atom stereocenters. The lowest BCUT2D eigenvalue weighted by molar-refractivity contribution is -0.115. The van der Waals surface area contributed by atoms with Crippen LogP contribution in [0.15, 0.2) is 72.1 Å². The van der Waals surface area contributed by atoms with Gasteiger partial charge < -0.3 is 10.2 Å². The molecule has 0 aliphatic heterocycles. The largest absolute Gasteiger partial charge is 0.378 e. The summed E-state index contributed by atoms with van der Waals surface area (Å²) in [5.74, 6) is 0.535. The molecule has 4 rings (SSSR count). The van der Waals surface area contributed by atoms with Crippen LogP contribution < -0.4 is 10.2 Å². The van der Waals surface area contributed by atoms with Gasteiger partial charge in [-0.05, 0) is 67.9 Å². The Labute approximate surface area is 208 Å². The van der Waals surface area contributed by atoms with Crippen molar-refractivity contribution in [2.75, 3.05) is 24.3 Å². The zero-order valence-corrected chi connectivity index (χ0v) is 20.9. The molecule has 1 atom stereocenters. The Bertz CT molecular complexity index is 1290. The molecule has 0 fully saturated rings. The fourth-order valence-corrected chi connectivity index (χ4v) is 4.42. The smallest absolute Gasteiger partial charge is 0.237 e. The Kier molecular flexibility index (Phi) is 7.19. The van der Waals surface area contributed by atoms with Crippen molar-refractivity contribution in [1.82, 2.24) is 19.7 Å². The normalized spacial score (nSPS) is 11.8. The number of anilines is 2. The number of thioether (sulfide) groups is 1. The van der Waals surface area contributed by atoms with E-state index in [4.69, 9.17) is 11.6 Å². The maximum Gasteiger partial charge on any atom is 0.237 e. The van der Waals surface area contributed by atoms with Gasteiger partial charge >= 0.3 is 0 Å². The lowest BCUT2D eigenvalue weighted by Gasteiger charge is -2.16. The van der Waals surface area contributed by atoms with Gasteiger partial charge in [0.2, 0.25) is 5.91 Å². The number of hydrogen-bond acceptors (Lipinski definition) is 6. The van der Waals surface area contributed by atoms with Gasteiger partial charge in [0.05, 0.1) is 10.9 Å². The first kappa shape index (κ1) is 23.8. The summed E-state index contributed by atoms with van der Waals surface area (Å²) in [6.45, 7) is 3.81. The molecular formula is C25H25ClN6OS. The number of carbonyl (C=O) groups excluding carboxylic acids is 1. The highest BCUT2D eigenvalue weighted by molar-refractivity contribution is 8.00. The van der Waals surface area contributed by atoms with E-state index in [9.17, 15) is 4.79 Å². The third-order valence-electron chi connectivity index (χ3n) is 5.35. The summed E-state index contributed by atoms with van der Waals surface area (Å²) in [4.78, 5) is 19.1. The van der Waals surface area contributed by atoms with Gasteiger partial charge in [-0.1, -0.05) is 29.4 Å². The monoisotopic (exact) mass is 492 g/mol. The van der Waals surface area contributed by atoms with Crippen molar-refractivity contribution >= 4 is 40.6 Å². The van der Waals surface area contributed by atoms with E-state index in [1.54, 1.807) is 12.4 Å². The third-order valence-corrected chi connectivity index (χ3v) is 6.81. The van der Waals surface area contributed by atoms with E-state index < -0.39 is 5.25 Å². The van der Waals surface area contributed by atoms with Gasteiger partial charge in [0.1, 0.15) is 0 Å². The first-order valence-corrected chi connectivity index (χ1v) is 12.0. The lowest BCUT2D eigenvalue weighted by atomic mass is 10.2. The summed E-state index contributed by atoms with van der Waals surface area (Å²) in [5.41, 5.74) is 4.44. The molecule has 2 heterocycles. The third kappa shape index (κ3) is 5.08. The van der Waals surface area contributed by atoms with Crippen LogP contribution in [0, 0.1) is 6.92 Å². The molecule has 9 heteroatoms. The molecule has 0 bridgehead atoms. The van der Waals surface area contributed by atoms with Gasteiger partial charge in [0.25, 0.3) is 0 Å². The Morgan fingerprint density at radius 2 is 1.76 bits per heavy atom. The minimum Gasteiger partial charge on any atom is -0.378 e. The topological polar surface area (TPSA) is 75.9 Å². The van der Waals surface area contributed by atoms with Crippen LogP contribution in [0.1, 0.15) is 12.5 Å². The van der Waals surface area contributed by atoms with Gasteiger partial charge in [-0.25, -0.2) is 0 Å². The molecule has 2 aromatic heterocycles. The van der Waals surface area contributed by atoms with Crippen LogP contribution in [0.25, 0.3) is 17.1 Å². The number of nitrogens with one attached hydrogen (secondary N) is 1. The van der Waals surface area contributed by atoms with Crippen LogP contribution in [0.2, 0.25) is 5.02 Å². The minimum absolute atomic E-state index is 0.120. The molecule has 34 heavy (non-hydrogen) atoms. The second-order valence-corrected chi connectivity index (χ2v) is 9.67. The maximum absolute atomic E-state index is 13.0. The quantitative estimate of drug-likeness (QED) is 0.344. The number of aromatic nitrogens is 4. The van der Waals surface area contributed by atoms with Crippen LogP contribution in [-0.4, -0.2) is 45.0 Å². The number of rotatable bonds is 7. The molecule has 0 radical (unpaired) electrons. The standard InChI is InChI=1S/C25H25ClN6OS/c1-16-21(26)6-5-7-22(16)32-23(18-12-14-27-15-13-18)29-30-25(32)34-17(2)24(33)28-19-8-10-20(11-9-19)31(3)4/h5-15,17H,1-4H3,(H,28,33). The molecule has 0 aliphatic rings. The van der Waals surface area contributed by atoms with Gasteiger partial charge in [0.15, 0.2) is 11.0 Å². The fourth-order valence-electron chi connectivity index (χ4n) is 3.39. The molecule has 174 valence electrons. The molecule has 2 aromatic carbocycles. The first-order valence-electron chi connectivity index (χ1n) is 10.7. The van der Waals surface area contributed by atoms with Crippen LogP contribution in [0.5, 0.6) is 0 Å². The van der Waals surface area contributed by atoms with E-state index >= 15 is 0 Å². The van der Waals surface area contributed by atoms with Crippen LogP contribution >= 0.6 is 23.4 Å². The number of benzene rings is 2. The predicted molar refractivity (Wildman–Crippen MR) is 139 cm³/mol. The zero-order chi connectivity index (χ0) is 24.2. The highest BCUT2D eigenvalue weighted by Crippen LogP contribution is 2.33. The number of amides is 1. The summed E-state index contributed by atoms with van der Waals surface area (Å²) in [5, 5.41) is 12.7. The lowest BCUT2D eigenvalue weighted by Crippen LogP contribution is -2.23. The highest BCUT2D eigenvalue weighted by Gasteiger charge is 2.23. The second-order valence-electron chi connectivity index (χ2n) is 7.95. The molecule has 0 spiro atoms. The number of carbonyl (C=O) groups is 1. The highest BCUT2D eigenvalue weighted by atomic mass is 35.5. The van der Waals surface area contributed by atoms with Gasteiger partial charge in [-0.15, -0.1) is 10.2 Å². The Morgan fingerprint density at radius 3 is 2.44 bits per heavy atom. The van der Waals surface area contributed by atoms with Crippen LogP contribution in [-0.2, 0) is 4.79 Å². The first-order chi connectivity index (χ1) is 16.3. The predicted octanol–water partition coefficient (Wildman–Crippen LogP) is 5.48. The molecule has 0 aliphatic carbocycles. The van der Waals surface area contributed by atoms with Crippen LogP contribution in [0.4, 0.5) is 11.4 Å². The summed E-state index contributed by atoms with van der Waals surface area (Å²) >= 11 is 7.76. The summed E-state index contributed by atoms with van der Waals surface area (Å²) in [6, 6.07) is 17.2. The van der Waals surface area contributed by atoms with Gasteiger partial charge in [0, 0.05) is 48.4 Å². The molecule has 7 nitrogen and oxygen atoms in total. The van der Waals surface area contributed by atoms with E-state index in [0.717, 1.165) is 28.2 Å². The minimum atomic E-state index is -0.416. The van der Waals surface area contributed by atoms with Crippen molar-refractivity contribution in [1.29, 1.82) is 0 Å².